The van der Waals surface area contributed by atoms with Gasteiger partial charge in [-0.2, -0.15) is 16.8 Å². The van der Waals surface area contributed by atoms with E-state index in [0.29, 0.717) is 13.1 Å². The van der Waals surface area contributed by atoms with Gasteiger partial charge in [0.2, 0.25) is 0 Å². The zero-order chi connectivity index (χ0) is 34.9. The second-order valence-corrected chi connectivity index (χ2v) is 15.5. The summed E-state index contributed by atoms with van der Waals surface area (Å²) in [5.74, 6) is -0.747. The van der Waals surface area contributed by atoms with E-state index in [1.165, 1.54) is 0 Å². The van der Waals surface area contributed by atoms with E-state index in [0.717, 1.165) is 66.6 Å². The number of rotatable bonds is 12. The number of aryl methyl sites for hydroxylation is 2. The first-order chi connectivity index (χ1) is 24.1. The molecule has 10 heteroatoms. The third kappa shape index (κ3) is 6.88. The maximum atomic E-state index is 11.9. The maximum Gasteiger partial charge on any atom is 0.264 e. The summed E-state index contributed by atoms with van der Waals surface area (Å²) in [6, 6.07) is 44.4. The molecule has 0 saturated carbocycles. The van der Waals surface area contributed by atoms with Gasteiger partial charge in [-0.15, -0.1) is 0 Å². The van der Waals surface area contributed by atoms with Crippen LogP contribution in [0.3, 0.4) is 0 Å². The summed E-state index contributed by atoms with van der Waals surface area (Å²) in [4.78, 5) is 0. The molecule has 5 aromatic carbocycles. The number of hydrogen-bond donors (Lipinski definition) is 2. The van der Waals surface area contributed by atoms with Gasteiger partial charge in [0.25, 0.3) is 20.2 Å². The van der Waals surface area contributed by atoms with Gasteiger partial charge in [0.1, 0.15) is 0 Å². The zero-order valence-electron chi connectivity index (χ0n) is 27.2. The summed E-state index contributed by atoms with van der Waals surface area (Å²) in [5, 5.41) is 1.89. The summed E-state index contributed by atoms with van der Waals surface area (Å²) in [5.41, 5.74) is 9.51. The predicted molar refractivity (Wildman–Crippen MR) is 201 cm³/mol. The molecule has 7 rings (SSSR count). The van der Waals surface area contributed by atoms with Crippen molar-refractivity contribution in [3.05, 3.63) is 133 Å². The molecule has 7 aromatic rings. The van der Waals surface area contributed by atoms with Crippen molar-refractivity contribution in [2.24, 2.45) is 0 Å². The largest absolute Gasteiger partial charge is 0.340 e. The van der Waals surface area contributed by atoms with E-state index in [9.17, 15) is 25.9 Å². The van der Waals surface area contributed by atoms with Crippen molar-refractivity contribution < 1.29 is 25.9 Å². The molecular formula is C40H36N2O6S2. The molecule has 2 heterocycles. The molecule has 0 aliphatic carbocycles. The molecule has 0 amide bonds. The van der Waals surface area contributed by atoms with Gasteiger partial charge >= 0.3 is 0 Å². The van der Waals surface area contributed by atoms with Crippen LogP contribution >= 0.6 is 0 Å². The van der Waals surface area contributed by atoms with Crippen LogP contribution in [-0.2, 0) is 33.3 Å². The molecule has 50 heavy (non-hydrogen) atoms. The molecule has 0 fully saturated rings. The van der Waals surface area contributed by atoms with Crippen LogP contribution in [0.4, 0.5) is 0 Å². The predicted octanol–water partition coefficient (Wildman–Crippen LogP) is 8.82. The van der Waals surface area contributed by atoms with Gasteiger partial charge in [-0.25, -0.2) is 0 Å². The Morgan fingerprint density at radius 2 is 0.740 bits per heavy atom. The van der Waals surface area contributed by atoms with Gasteiger partial charge in [-0.3, -0.25) is 9.11 Å². The fraction of sp³-hybridized carbons (Fsp3) is 0.150. The maximum absolute atomic E-state index is 11.9. The Hall–Kier alpha value is -5.00. The van der Waals surface area contributed by atoms with Crippen molar-refractivity contribution in [2.45, 2.75) is 25.9 Å². The Bertz CT molecular complexity index is 2330. The first-order valence-corrected chi connectivity index (χ1v) is 19.7. The lowest BCUT2D eigenvalue weighted by molar-refractivity contribution is 0.476. The normalized spacial score (nSPS) is 12.2. The Labute approximate surface area is 291 Å². The highest BCUT2D eigenvalue weighted by atomic mass is 32.2. The standard InChI is InChI=1S/C40H36N2O6S2/c43-49(44,45)25-13-23-41-35-28-34-36(27-33(35)37(29-15-5-1-6-16-29)39(41)31-19-9-3-10-20-31)42(24-14-26-50(46,47)48)40(32-21-11-4-12-22-32)38(34)30-17-7-2-8-18-30/h1-12,15-22,27-28H,13-14,23-26H2,(H,43,44,45)(H,46,47,48). The minimum Gasteiger partial charge on any atom is -0.340 e. The second-order valence-electron chi connectivity index (χ2n) is 12.4. The van der Waals surface area contributed by atoms with Crippen molar-refractivity contribution in [1.82, 2.24) is 9.13 Å². The summed E-state index contributed by atoms with van der Waals surface area (Å²) >= 11 is 0. The van der Waals surface area contributed by atoms with E-state index in [2.05, 4.69) is 45.5 Å². The number of fused-ring (bicyclic) bond motifs is 2. The fourth-order valence-corrected chi connectivity index (χ4v) is 8.04. The van der Waals surface area contributed by atoms with Crippen molar-refractivity contribution in [3.8, 4) is 44.8 Å². The minimum atomic E-state index is -4.18. The highest BCUT2D eigenvalue weighted by molar-refractivity contribution is 7.86. The van der Waals surface area contributed by atoms with Crippen LogP contribution < -0.4 is 0 Å². The molecule has 254 valence electrons. The number of hydrogen-bond acceptors (Lipinski definition) is 4. The quantitative estimate of drug-likeness (QED) is 0.123. The van der Waals surface area contributed by atoms with Gasteiger partial charge in [-0.1, -0.05) is 121 Å². The molecular weight excluding hydrogens is 669 g/mol. The molecule has 0 saturated heterocycles. The SMILES string of the molecule is O=S(=O)(O)CCCn1c(-c2ccccc2)c(-c2ccccc2)c2cc3c(cc21)c(-c1ccccc1)c(-c1ccccc1)n3CCCS(=O)(=O)O. The fourth-order valence-electron chi connectivity index (χ4n) is 7.05. The second kappa shape index (κ2) is 13.7. The van der Waals surface area contributed by atoms with Crippen molar-refractivity contribution in [1.29, 1.82) is 0 Å². The van der Waals surface area contributed by atoms with E-state index in [4.69, 9.17) is 0 Å². The Morgan fingerprint density at radius 1 is 0.440 bits per heavy atom. The van der Waals surface area contributed by atoms with E-state index in [1.54, 1.807) is 0 Å². The molecule has 2 aromatic heterocycles. The molecule has 8 nitrogen and oxygen atoms in total. The summed E-state index contributed by atoms with van der Waals surface area (Å²) in [7, 11) is -8.35. The molecule has 0 radical (unpaired) electrons. The van der Waals surface area contributed by atoms with Gasteiger partial charge in [-0.05, 0) is 47.2 Å². The number of aromatic nitrogens is 2. The lowest BCUT2D eigenvalue weighted by Crippen LogP contribution is -2.09. The molecule has 0 spiro atoms. The van der Waals surface area contributed by atoms with Crippen molar-refractivity contribution >= 4 is 42.0 Å². The average Bonchev–Trinajstić information content (AvgIpc) is 3.59. The van der Waals surface area contributed by atoms with E-state index >= 15 is 0 Å². The molecule has 0 unspecified atom stereocenters. The molecule has 0 aliphatic heterocycles. The Balaban J connectivity index is 1.62. The van der Waals surface area contributed by atoms with Crippen LogP contribution in [0.2, 0.25) is 0 Å². The topological polar surface area (TPSA) is 119 Å². The van der Waals surface area contributed by atoms with Crippen LogP contribution in [0.15, 0.2) is 133 Å². The molecule has 0 aliphatic rings. The first-order valence-electron chi connectivity index (χ1n) is 16.4. The van der Waals surface area contributed by atoms with Gasteiger partial charge in [0.15, 0.2) is 0 Å². The number of benzene rings is 5. The Kier molecular flexibility index (Phi) is 9.19. The van der Waals surface area contributed by atoms with Gasteiger partial charge in [0.05, 0.1) is 22.9 Å². The van der Waals surface area contributed by atoms with Gasteiger partial charge < -0.3 is 9.13 Å². The van der Waals surface area contributed by atoms with Crippen LogP contribution in [0.25, 0.3) is 66.6 Å². The highest BCUT2D eigenvalue weighted by Crippen LogP contribution is 2.47. The monoisotopic (exact) mass is 704 g/mol. The van der Waals surface area contributed by atoms with Crippen molar-refractivity contribution in [2.75, 3.05) is 11.5 Å². The first kappa shape index (κ1) is 33.5. The molecule has 0 bridgehead atoms. The minimum absolute atomic E-state index is 0.201. The zero-order valence-corrected chi connectivity index (χ0v) is 28.8. The van der Waals surface area contributed by atoms with E-state index < -0.39 is 20.2 Å². The number of nitrogens with zero attached hydrogens (tertiary/aromatic N) is 2. The molecule has 2 N–H and O–H groups in total. The molecule has 0 atom stereocenters. The Morgan fingerprint density at radius 3 is 1.04 bits per heavy atom. The van der Waals surface area contributed by atoms with Gasteiger partial charge in [0, 0.05) is 46.0 Å². The average molecular weight is 705 g/mol. The highest BCUT2D eigenvalue weighted by Gasteiger charge is 2.26. The van der Waals surface area contributed by atoms with Crippen molar-refractivity contribution in [3.63, 3.8) is 0 Å². The third-order valence-corrected chi connectivity index (χ3v) is 10.6. The van der Waals surface area contributed by atoms with E-state index in [1.807, 2.05) is 97.1 Å². The van der Waals surface area contributed by atoms with E-state index in [-0.39, 0.29) is 24.3 Å². The lowest BCUT2D eigenvalue weighted by Gasteiger charge is -2.13. The summed E-state index contributed by atoms with van der Waals surface area (Å²) < 4.78 is 71.0. The summed E-state index contributed by atoms with van der Waals surface area (Å²) in [6.45, 7) is 0.667. The smallest absolute Gasteiger partial charge is 0.264 e. The van der Waals surface area contributed by atoms with Crippen LogP contribution in [0.1, 0.15) is 12.8 Å². The summed E-state index contributed by atoms with van der Waals surface area (Å²) in [6.07, 6.45) is 0.401. The van der Waals surface area contributed by atoms with Crippen LogP contribution in [0.5, 0.6) is 0 Å². The third-order valence-electron chi connectivity index (χ3n) is 9.04. The van der Waals surface area contributed by atoms with Crippen LogP contribution in [0, 0.1) is 0 Å². The van der Waals surface area contributed by atoms with Crippen LogP contribution in [-0.4, -0.2) is 46.6 Å². The lowest BCUT2D eigenvalue weighted by atomic mass is 9.96.